The second-order valence-corrected chi connectivity index (χ2v) is 15.8. The van der Waals surface area contributed by atoms with Crippen LogP contribution in [0.4, 0.5) is 35.2 Å². The fraction of sp³-hybridized carbons (Fsp3) is 0.227. The van der Waals surface area contributed by atoms with E-state index in [9.17, 15) is 32.8 Å². The van der Waals surface area contributed by atoms with Crippen LogP contribution in [0.3, 0.4) is 0 Å². The highest BCUT2D eigenvalue weighted by Crippen LogP contribution is 2.26. The zero-order valence-corrected chi connectivity index (χ0v) is 35.5. The van der Waals surface area contributed by atoms with Crippen molar-refractivity contribution in [1.82, 2.24) is 29.9 Å². The number of aromatic nitrogens is 6. The monoisotopic (exact) mass is 888 g/mol. The minimum atomic E-state index is -4.72. The predicted molar refractivity (Wildman–Crippen MR) is 243 cm³/mol. The fourth-order valence-corrected chi connectivity index (χ4v) is 7.08. The summed E-state index contributed by atoms with van der Waals surface area (Å²) in [4.78, 5) is 53.5. The summed E-state index contributed by atoms with van der Waals surface area (Å²) in [6, 6.07) is 30.6. The number of benzene rings is 4. The average Bonchev–Trinajstić information content (AvgIpc) is 3.26. The maximum Gasteiger partial charge on any atom is 0.295 e. The van der Waals surface area contributed by atoms with Crippen LogP contribution >= 0.6 is 0 Å². The number of primary amides is 2. The minimum Gasteiger partial charge on any atom is -0.395 e. The predicted octanol–water partition coefficient (Wildman–Crippen LogP) is 3.49. The summed E-state index contributed by atoms with van der Waals surface area (Å²) < 4.78 is 35.7. The Bertz CT molecular complexity index is 2660. The van der Waals surface area contributed by atoms with Gasteiger partial charge in [0.05, 0.1) is 13.2 Å². The molecule has 9 N–H and O–H groups in total. The van der Waals surface area contributed by atoms with E-state index in [1.807, 2.05) is 84.9 Å². The number of aliphatic hydroxyl groups is 2. The Kier molecular flexibility index (Phi) is 15.9. The van der Waals surface area contributed by atoms with E-state index in [2.05, 4.69) is 40.5 Å². The molecule has 0 saturated carbocycles. The van der Waals surface area contributed by atoms with Gasteiger partial charge in [0.25, 0.3) is 10.1 Å². The Morgan fingerprint density at radius 3 is 1.59 bits per heavy atom. The number of carbonyl (C=O) groups is 2. The molecule has 2 amide bonds. The van der Waals surface area contributed by atoms with Crippen molar-refractivity contribution in [3.8, 4) is 0 Å². The van der Waals surface area contributed by atoms with Gasteiger partial charge in [0.2, 0.25) is 35.6 Å². The summed E-state index contributed by atoms with van der Waals surface area (Å²) in [5.74, 6) is 0.522. The SMILES string of the molecule is NC(=O)CCN(CCO)c1nc(Cc2ccc(/C=C/c3ccc(Nc4nc(Cc5ccccc5)nc(N(CCO)CCC(N)=O)n4)cc3S(=O)(=O)O)cc2)nc(Nc2ccccc2)n1. The van der Waals surface area contributed by atoms with Crippen molar-refractivity contribution in [2.45, 2.75) is 30.6 Å². The molecule has 6 aromatic rings. The lowest BCUT2D eigenvalue weighted by molar-refractivity contribution is -0.118. The van der Waals surface area contributed by atoms with Crippen LogP contribution in [0.15, 0.2) is 108 Å². The van der Waals surface area contributed by atoms with Crippen molar-refractivity contribution < 1.29 is 32.8 Å². The molecule has 0 aliphatic rings. The van der Waals surface area contributed by atoms with E-state index < -0.39 is 21.9 Å². The quantitative estimate of drug-likeness (QED) is 0.0358. The Labute approximate surface area is 369 Å². The zero-order valence-electron chi connectivity index (χ0n) is 34.7. The van der Waals surface area contributed by atoms with Gasteiger partial charge in [0, 0.05) is 63.2 Å². The first-order valence-electron chi connectivity index (χ1n) is 20.1. The van der Waals surface area contributed by atoms with Crippen LogP contribution in [0.25, 0.3) is 12.2 Å². The lowest BCUT2D eigenvalue weighted by atomic mass is 10.1. The van der Waals surface area contributed by atoms with Gasteiger partial charge >= 0.3 is 0 Å². The van der Waals surface area contributed by atoms with Gasteiger partial charge in [-0.25, -0.2) is 0 Å². The number of amides is 2. The third-order valence-electron chi connectivity index (χ3n) is 9.48. The Morgan fingerprint density at radius 1 is 0.594 bits per heavy atom. The van der Waals surface area contributed by atoms with E-state index >= 15 is 0 Å². The van der Waals surface area contributed by atoms with E-state index in [-0.39, 0.29) is 92.2 Å². The number of carbonyl (C=O) groups excluding carboxylic acids is 2. The van der Waals surface area contributed by atoms with Gasteiger partial charge in [-0.2, -0.15) is 38.3 Å². The van der Waals surface area contributed by atoms with Crippen molar-refractivity contribution in [2.75, 3.05) is 59.8 Å². The molecule has 0 fully saturated rings. The standard InChI is InChI=1S/C44H48N12O7S/c45-37(59)19-21-55(23-25-57)43-52-40(49-41(53-43)47-34-9-5-2-6-10-34)28-32-13-11-30(12-14-32)15-16-33-17-18-35(29-36(33)64(61,62)63)48-42-50-39(27-31-7-3-1-4-8-31)51-44(54-42)56(24-26-58)22-20-38(46)60/h1-18,29,57-58H,19-28H2,(H2,45,59)(H2,46,60)(H,61,62,63)(H,47,49,52,53)(H,48,50,51,54)/b16-15+. The fourth-order valence-electron chi connectivity index (χ4n) is 6.37. The molecule has 0 radical (unpaired) electrons. The van der Waals surface area contributed by atoms with Gasteiger partial charge in [0.15, 0.2) is 0 Å². The van der Waals surface area contributed by atoms with Gasteiger partial charge in [-0.3, -0.25) is 14.1 Å². The maximum absolute atomic E-state index is 12.7. The molecule has 0 aliphatic carbocycles. The Morgan fingerprint density at radius 2 is 1.09 bits per heavy atom. The molecule has 6 rings (SSSR count). The molecular weight excluding hydrogens is 841 g/mol. The summed E-state index contributed by atoms with van der Waals surface area (Å²) in [5.41, 5.74) is 14.5. The van der Waals surface area contributed by atoms with Crippen molar-refractivity contribution in [3.63, 3.8) is 0 Å². The molecule has 19 nitrogen and oxygen atoms in total. The molecule has 0 bridgehead atoms. The Hall–Kier alpha value is -7.39. The molecule has 4 aromatic carbocycles. The van der Waals surface area contributed by atoms with E-state index in [1.165, 1.54) is 12.1 Å². The van der Waals surface area contributed by atoms with Crippen LogP contribution in [0, 0.1) is 0 Å². The number of anilines is 6. The number of para-hydroxylation sites is 1. The van der Waals surface area contributed by atoms with Gasteiger partial charge in [0.1, 0.15) is 16.5 Å². The maximum atomic E-state index is 12.7. The molecule has 0 aliphatic heterocycles. The zero-order chi connectivity index (χ0) is 45.5. The molecule has 332 valence electrons. The largest absolute Gasteiger partial charge is 0.395 e. The van der Waals surface area contributed by atoms with Crippen molar-refractivity contribution >= 4 is 69.3 Å². The lowest BCUT2D eigenvalue weighted by Gasteiger charge is -2.22. The Balaban J connectivity index is 1.23. The van der Waals surface area contributed by atoms with Crippen molar-refractivity contribution in [2.24, 2.45) is 11.5 Å². The van der Waals surface area contributed by atoms with E-state index in [0.29, 0.717) is 24.5 Å². The van der Waals surface area contributed by atoms with E-state index in [4.69, 9.17) is 11.5 Å². The molecule has 64 heavy (non-hydrogen) atoms. The third-order valence-corrected chi connectivity index (χ3v) is 10.4. The van der Waals surface area contributed by atoms with Crippen molar-refractivity contribution in [1.29, 1.82) is 0 Å². The summed E-state index contributed by atoms with van der Waals surface area (Å²) in [7, 11) is -4.72. The average molecular weight is 889 g/mol. The molecule has 2 heterocycles. The van der Waals surface area contributed by atoms with E-state index in [0.717, 1.165) is 22.4 Å². The van der Waals surface area contributed by atoms with Crippen molar-refractivity contribution in [3.05, 3.63) is 137 Å². The minimum absolute atomic E-state index is 0.0115. The number of nitrogens with zero attached hydrogens (tertiary/aromatic N) is 8. The van der Waals surface area contributed by atoms with Gasteiger partial charge < -0.3 is 42.1 Å². The smallest absolute Gasteiger partial charge is 0.295 e. The summed E-state index contributed by atoms with van der Waals surface area (Å²) >= 11 is 0. The van der Waals surface area contributed by atoms with Gasteiger partial charge in [-0.05, 0) is 46.5 Å². The lowest BCUT2D eigenvalue weighted by Crippen LogP contribution is -2.32. The van der Waals surface area contributed by atoms with Crippen LogP contribution in [0.2, 0.25) is 0 Å². The molecular formula is C44H48N12O7S. The molecule has 0 saturated heterocycles. The molecule has 2 aromatic heterocycles. The number of hydrogen-bond acceptors (Lipinski definition) is 16. The number of rotatable bonds is 23. The highest BCUT2D eigenvalue weighted by atomic mass is 32.2. The van der Waals surface area contributed by atoms with Gasteiger partial charge in [-0.15, -0.1) is 0 Å². The normalized spacial score (nSPS) is 11.4. The highest BCUT2D eigenvalue weighted by molar-refractivity contribution is 7.86. The summed E-state index contributed by atoms with van der Waals surface area (Å²) in [6.45, 7) is 0.168. The number of aliphatic hydroxyl groups excluding tert-OH is 2. The second kappa shape index (κ2) is 22.1. The van der Waals surface area contributed by atoms with Crippen LogP contribution in [-0.2, 0) is 32.5 Å². The van der Waals surface area contributed by atoms with Crippen LogP contribution in [0.1, 0.15) is 46.7 Å². The van der Waals surface area contributed by atoms with E-state index in [1.54, 1.807) is 28.0 Å². The molecule has 0 atom stereocenters. The second-order valence-electron chi connectivity index (χ2n) is 14.4. The first kappa shape index (κ1) is 46.1. The third kappa shape index (κ3) is 13.8. The summed E-state index contributed by atoms with van der Waals surface area (Å²) in [5, 5.41) is 25.7. The van der Waals surface area contributed by atoms with Crippen LogP contribution in [0.5, 0.6) is 0 Å². The number of hydrogen-bond donors (Lipinski definition) is 7. The first-order chi connectivity index (χ1) is 30.8. The van der Waals surface area contributed by atoms with Crippen LogP contribution in [-0.4, -0.2) is 104 Å². The molecule has 0 spiro atoms. The number of nitrogens with two attached hydrogens (primary N) is 2. The summed E-state index contributed by atoms with van der Waals surface area (Å²) in [6.07, 6.45) is 3.91. The van der Waals surface area contributed by atoms with Crippen LogP contribution < -0.4 is 31.9 Å². The topological polar surface area (TPSA) is 289 Å². The molecule has 0 unspecified atom stereocenters. The highest BCUT2D eigenvalue weighted by Gasteiger charge is 2.19. The number of nitrogens with one attached hydrogen (secondary N) is 2. The van der Waals surface area contributed by atoms with Gasteiger partial charge in [-0.1, -0.05) is 91.0 Å². The molecule has 20 heteroatoms. The first-order valence-corrected chi connectivity index (χ1v) is 21.6.